The van der Waals surface area contributed by atoms with Crippen LogP contribution in [0.25, 0.3) is 0 Å². The highest BCUT2D eigenvalue weighted by atomic mass is 16.5. The van der Waals surface area contributed by atoms with E-state index in [2.05, 4.69) is 24.4 Å². The Labute approximate surface area is 103 Å². The van der Waals surface area contributed by atoms with Gasteiger partial charge in [-0.3, -0.25) is 0 Å². The molecule has 1 saturated heterocycles. The predicted molar refractivity (Wildman–Crippen MR) is 68.3 cm³/mol. The first-order valence-electron chi connectivity index (χ1n) is 6.18. The van der Waals surface area contributed by atoms with E-state index in [4.69, 9.17) is 9.47 Å². The second-order valence-corrected chi connectivity index (χ2v) is 4.92. The van der Waals surface area contributed by atoms with E-state index >= 15 is 0 Å². The maximum Gasteiger partial charge on any atom is 0.118 e. The summed E-state index contributed by atoms with van der Waals surface area (Å²) in [5, 5.41) is 3.59. The molecule has 0 radical (unpaired) electrons. The lowest BCUT2D eigenvalue weighted by Crippen LogP contribution is -2.48. The summed E-state index contributed by atoms with van der Waals surface area (Å²) in [6.45, 7) is 4.82. The van der Waals surface area contributed by atoms with E-state index in [1.165, 1.54) is 12.0 Å². The van der Waals surface area contributed by atoms with Gasteiger partial charge in [0.25, 0.3) is 0 Å². The molecule has 0 amide bonds. The highest BCUT2D eigenvalue weighted by Crippen LogP contribution is 2.19. The highest BCUT2D eigenvalue weighted by Gasteiger charge is 2.26. The number of benzene rings is 1. The minimum Gasteiger partial charge on any atom is -0.497 e. The monoisotopic (exact) mass is 235 g/mol. The molecule has 0 aromatic heterocycles. The van der Waals surface area contributed by atoms with Crippen molar-refractivity contribution in [2.45, 2.75) is 31.8 Å². The van der Waals surface area contributed by atoms with E-state index in [-0.39, 0.29) is 5.54 Å². The van der Waals surface area contributed by atoms with Crippen LogP contribution in [-0.2, 0) is 11.3 Å². The van der Waals surface area contributed by atoms with Crippen LogP contribution in [0, 0.1) is 0 Å². The molecule has 1 aromatic carbocycles. The number of hydrogen-bond acceptors (Lipinski definition) is 3. The molecule has 0 bridgehead atoms. The highest BCUT2D eigenvalue weighted by molar-refractivity contribution is 5.27. The van der Waals surface area contributed by atoms with Crippen molar-refractivity contribution >= 4 is 0 Å². The molecule has 0 aliphatic carbocycles. The van der Waals surface area contributed by atoms with Crippen LogP contribution in [0.5, 0.6) is 5.75 Å². The van der Waals surface area contributed by atoms with Gasteiger partial charge >= 0.3 is 0 Å². The van der Waals surface area contributed by atoms with Crippen LogP contribution in [0.15, 0.2) is 24.3 Å². The van der Waals surface area contributed by atoms with E-state index in [1.54, 1.807) is 7.11 Å². The van der Waals surface area contributed by atoms with Crippen molar-refractivity contribution in [2.75, 3.05) is 20.3 Å². The van der Waals surface area contributed by atoms with Gasteiger partial charge in [-0.1, -0.05) is 12.1 Å². The molecule has 3 nitrogen and oxygen atoms in total. The number of rotatable bonds is 4. The first-order valence-corrected chi connectivity index (χ1v) is 6.18. The second kappa shape index (κ2) is 5.52. The summed E-state index contributed by atoms with van der Waals surface area (Å²) in [6, 6.07) is 8.19. The molecule has 1 aliphatic rings. The Kier molecular flexibility index (Phi) is 4.02. The zero-order valence-electron chi connectivity index (χ0n) is 10.7. The normalized spacial score (nSPS) is 24.6. The van der Waals surface area contributed by atoms with Crippen LogP contribution in [0.1, 0.15) is 25.3 Å². The van der Waals surface area contributed by atoms with Crippen molar-refractivity contribution in [3.8, 4) is 5.75 Å². The molecule has 1 atom stereocenters. The molecular formula is C14H21NO2. The summed E-state index contributed by atoms with van der Waals surface area (Å²) in [5.74, 6) is 0.904. The van der Waals surface area contributed by atoms with Crippen LogP contribution >= 0.6 is 0 Å². The second-order valence-electron chi connectivity index (χ2n) is 4.92. The molecule has 3 heteroatoms. The van der Waals surface area contributed by atoms with Gasteiger partial charge in [0.2, 0.25) is 0 Å². The molecule has 1 N–H and O–H groups in total. The minimum atomic E-state index is 0.123. The fourth-order valence-electron chi connectivity index (χ4n) is 2.13. The predicted octanol–water partition coefficient (Wildman–Crippen LogP) is 2.35. The first-order chi connectivity index (χ1) is 8.22. The minimum absolute atomic E-state index is 0.123. The van der Waals surface area contributed by atoms with E-state index in [0.29, 0.717) is 0 Å². The lowest BCUT2D eigenvalue weighted by Gasteiger charge is -2.34. The van der Waals surface area contributed by atoms with Gasteiger partial charge in [-0.15, -0.1) is 0 Å². The zero-order chi connectivity index (χ0) is 12.1. The quantitative estimate of drug-likeness (QED) is 0.869. The molecule has 2 rings (SSSR count). The van der Waals surface area contributed by atoms with E-state index < -0.39 is 0 Å². The molecular weight excluding hydrogens is 214 g/mol. The van der Waals surface area contributed by atoms with Crippen molar-refractivity contribution in [3.05, 3.63) is 29.8 Å². The van der Waals surface area contributed by atoms with Gasteiger partial charge in [0.15, 0.2) is 0 Å². The average Bonchev–Trinajstić information content (AvgIpc) is 2.38. The Morgan fingerprint density at radius 1 is 1.35 bits per heavy atom. The standard InChI is InChI=1S/C14H21NO2/c1-14(8-3-9-17-11-14)15-10-12-4-6-13(16-2)7-5-12/h4-7,15H,3,8-11H2,1-2H3. The van der Waals surface area contributed by atoms with Crippen LogP contribution in [-0.4, -0.2) is 25.9 Å². The van der Waals surface area contributed by atoms with E-state index in [9.17, 15) is 0 Å². The lowest BCUT2D eigenvalue weighted by atomic mass is 9.94. The number of nitrogens with one attached hydrogen (secondary N) is 1. The third-order valence-corrected chi connectivity index (χ3v) is 3.32. The third kappa shape index (κ3) is 3.45. The molecule has 1 fully saturated rings. The first kappa shape index (κ1) is 12.4. The topological polar surface area (TPSA) is 30.5 Å². The molecule has 0 spiro atoms. The number of ether oxygens (including phenoxy) is 2. The largest absolute Gasteiger partial charge is 0.497 e. The molecule has 0 saturated carbocycles. The average molecular weight is 235 g/mol. The number of hydrogen-bond donors (Lipinski definition) is 1. The fraction of sp³-hybridized carbons (Fsp3) is 0.571. The number of methoxy groups -OCH3 is 1. The Hall–Kier alpha value is -1.06. The van der Waals surface area contributed by atoms with Crippen LogP contribution in [0.2, 0.25) is 0 Å². The van der Waals surface area contributed by atoms with Gasteiger partial charge in [0.05, 0.1) is 13.7 Å². The molecule has 1 aliphatic heterocycles. The van der Waals surface area contributed by atoms with E-state index in [1.807, 2.05) is 12.1 Å². The summed E-state index contributed by atoms with van der Waals surface area (Å²) in [7, 11) is 1.69. The van der Waals surface area contributed by atoms with Crippen molar-refractivity contribution < 1.29 is 9.47 Å². The maximum atomic E-state index is 5.53. The van der Waals surface area contributed by atoms with E-state index in [0.717, 1.165) is 31.9 Å². The van der Waals surface area contributed by atoms with Crippen molar-refractivity contribution in [1.29, 1.82) is 0 Å². The van der Waals surface area contributed by atoms with Gasteiger partial charge < -0.3 is 14.8 Å². The van der Waals surface area contributed by atoms with Gasteiger partial charge in [-0.05, 0) is 37.5 Å². The summed E-state index contributed by atoms with van der Waals surface area (Å²) >= 11 is 0. The molecule has 1 unspecified atom stereocenters. The van der Waals surface area contributed by atoms with Crippen LogP contribution in [0.4, 0.5) is 0 Å². The van der Waals surface area contributed by atoms with Crippen LogP contribution in [0.3, 0.4) is 0 Å². The Bertz CT molecular complexity index is 342. The van der Waals surface area contributed by atoms with Crippen molar-refractivity contribution in [2.24, 2.45) is 0 Å². The molecule has 1 aromatic rings. The third-order valence-electron chi connectivity index (χ3n) is 3.32. The van der Waals surface area contributed by atoms with Gasteiger partial charge in [-0.25, -0.2) is 0 Å². The summed E-state index contributed by atoms with van der Waals surface area (Å²) in [6.07, 6.45) is 2.33. The fourth-order valence-corrected chi connectivity index (χ4v) is 2.13. The Balaban J connectivity index is 1.87. The van der Waals surface area contributed by atoms with Gasteiger partial charge in [0, 0.05) is 18.7 Å². The summed E-state index contributed by atoms with van der Waals surface area (Å²) in [4.78, 5) is 0. The van der Waals surface area contributed by atoms with Crippen molar-refractivity contribution in [3.63, 3.8) is 0 Å². The summed E-state index contributed by atoms with van der Waals surface area (Å²) < 4.78 is 10.7. The smallest absolute Gasteiger partial charge is 0.118 e. The van der Waals surface area contributed by atoms with Crippen LogP contribution < -0.4 is 10.1 Å². The molecule has 1 heterocycles. The maximum absolute atomic E-state index is 5.53. The zero-order valence-corrected chi connectivity index (χ0v) is 10.7. The SMILES string of the molecule is COc1ccc(CNC2(C)CCCOC2)cc1. The Morgan fingerprint density at radius 3 is 2.71 bits per heavy atom. The molecule has 94 valence electrons. The van der Waals surface area contributed by atoms with Crippen molar-refractivity contribution in [1.82, 2.24) is 5.32 Å². The summed E-state index contributed by atoms with van der Waals surface area (Å²) in [5.41, 5.74) is 1.40. The van der Waals surface area contributed by atoms with Gasteiger partial charge in [-0.2, -0.15) is 0 Å². The molecule has 17 heavy (non-hydrogen) atoms. The van der Waals surface area contributed by atoms with Gasteiger partial charge in [0.1, 0.15) is 5.75 Å². The Morgan fingerprint density at radius 2 is 2.12 bits per heavy atom. The lowest BCUT2D eigenvalue weighted by molar-refractivity contribution is 0.0278.